The number of aromatic nitrogens is 2. The van der Waals surface area contributed by atoms with E-state index in [9.17, 15) is 4.79 Å². The number of hydrogen-bond donors (Lipinski definition) is 2. The molecule has 0 spiro atoms. The van der Waals surface area contributed by atoms with E-state index in [-0.39, 0.29) is 12.1 Å². The number of nitrogens with one attached hydrogen (secondary N) is 2. The maximum Gasteiger partial charge on any atom is 0.255 e. The summed E-state index contributed by atoms with van der Waals surface area (Å²) < 4.78 is 8.06. The number of imidazole rings is 1. The van der Waals surface area contributed by atoms with Crippen LogP contribution in [0.5, 0.6) is 5.75 Å². The van der Waals surface area contributed by atoms with Gasteiger partial charge >= 0.3 is 0 Å². The highest BCUT2D eigenvalue weighted by atomic mass is 16.5. The first-order chi connectivity index (χ1) is 15.2. The Balaban J connectivity index is 1.43. The molecule has 0 fully saturated rings. The first kappa shape index (κ1) is 20.6. The van der Waals surface area contributed by atoms with Crippen LogP contribution in [0.25, 0.3) is 0 Å². The van der Waals surface area contributed by atoms with Crippen molar-refractivity contribution in [3.63, 3.8) is 0 Å². The Morgan fingerprint density at radius 1 is 1.29 bits per heavy atom. The van der Waals surface area contributed by atoms with Gasteiger partial charge in [0.1, 0.15) is 5.75 Å². The van der Waals surface area contributed by atoms with Crippen molar-refractivity contribution in [3.05, 3.63) is 82.9 Å². The van der Waals surface area contributed by atoms with Crippen molar-refractivity contribution in [2.75, 3.05) is 6.54 Å². The van der Waals surface area contributed by atoms with E-state index >= 15 is 0 Å². The van der Waals surface area contributed by atoms with Crippen molar-refractivity contribution >= 4 is 5.91 Å². The van der Waals surface area contributed by atoms with Gasteiger partial charge in [0.15, 0.2) is 6.23 Å². The second kappa shape index (κ2) is 9.45. The van der Waals surface area contributed by atoms with Crippen LogP contribution in [0, 0.1) is 11.3 Å². The number of aryl methyl sites for hydroxylation is 1. The molecule has 158 valence electrons. The molecule has 3 aromatic rings. The van der Waals surface area contributed by atoms with E-state index in [0.717, 1.165) is 36.2 Å². The van der Waals surface area contributed by atoms with Gasteiger partial charge in [0.2, 0.25) is 0 Å². The van der Waals surface area contributed by atoms with Crippen LogP contribution in [0.15, 0.2) is 55.0 Å². The first-order valence-corrected chi connectivity index (χ1v) is 10.5. The molecule has 1 atom stereocenters. The SMILES string of the molecule is CCNC1CCc2cccc(C(=O)NCc3cncn3Cc3ccc(C#N)cc3)c2O1. The van der Waals surface area contributed by atoms with E-state index in [2.05, 4.69) is 21.7 Å². The smallest absolute Gasteiger partial charge is 0.255 e. The molecular formula is C24H25N5O2. The maximum atomic E-state index is 12.9. The Labute approximate surface area is 181 Å². The Kier molecular flexibility index (Phi) is 6.29. The molecule has 4 rings (SSSR count). The molecular weight excluding hydrogens is 390 g/mol. The molecule has 0 aliphatic carbocycles. The van der Waals surface area contributed by atoms with Crippen molar-refractivity contribution < 1.29 is 9.53 Å². The Morgan fingerprint density at radius 3 is 2.90 bits per heavy atom. The summed E-state index contributed by atoms with van der Waals surface area (Å²) >= 11 is 0. The number of amides is 1. The van der Waals surface area contributed by atoms with Crippen LogP contribution in [-0.4, -0.2) is 28.2 Å². The van der Waals surface area contributed by atoms with Crippen LogP contribution in [0.1, 0.15) is 46.1 Å². The molecule has 31 heavy (non-hydrogen) atoms. The number of carbonyl (C=O) groups is 1. The van der Waals surface area contributed by atoms with Gasteiger partial charge in [0.25, 0.3) is 5.91 Å². The number of nitrogens with zero attached hydrogens (tertiary/aromatic N) is 3. The number of ether oxygens (including phenoxy) is 1. The largest absolute Gasteiger partial charge is 0.474 e. The Bertz CT molecular complexity index is 1100. The van der Waals surface area contributed by atoms with Crippen LogP contribution in [0.2, 0.25) is 0 Å². The van der Waals surface area contributed by atoms with E-state index in [1.54, 1.807) is 30.7 Å². The summed E-state index contributed by atoms with van der Waals surface area (Å²) in [5.41, 5.74) is 4.20. The molecule has 1 aliphatic rings. The quantitative estimate of drug-likeness (QED) is 0.619. The lowest BCUT2D eigenvalue weighted by molar-refractivity contribution is 0.0932. The Morgan fingerprint density at radius 2 is 2.13 bits per heavy atom. The van der Waals surface area contributed by atoms with Gasteiger partial charge in [-0.15, -0.1) is 0 Å². The number of nitriles is 1. The fourth-order valence-corrected chi connectivity index (χ4v) is 3.74. The summed E-state index contributed by atoms with van der Waals surface area (Å²) in [4.78, 5) is 17.2. The molecule has 0 bridgehead atoms. The van der Waals surface area contributed by atoms with Gasteiger partial charge in [-0.05, 0) is 42.3 Å². The van der Waals surface area contributed by atoms with Gasteiger partial charge in [0.05, 0.1) is 35.8 Å². The second-order valence-electron chi connectivity index (χ2n) is 7.50. The summed E-state index contributed by atoms with van der Waals surface area (Å²) in [5, 5.41) is 15.2. The van der Waals surface area contributed by atoms with Crippen molar-refractivity contribution in [2.24, 2.45) is 0 Å². The summed E-state index contributed by atoms with van der Waals surface area (Å²) in [6, 6.07) is 15.3. The van der Waals surface area contributed by atoms with Crippen molar-refractivity contribution in [1.82, 2.24) is 20.2 Å². The van der Waals surface area contributed by atoms with Crippen LogP contribution in [-0.2, 0) is 19.5 Å². The molecule has 1 aromatic heterocycles. The monoisotopic (exact) mass is 415 g/mol. The van der Waals surface area contributed by atoms with Crippen LogP contribution >= 0.6 is 0 Å². The summed E-state index contributed by atoms with van der Waals surface area (Å²) in [7, 11) is 0. The van der Waals surface area contributed by atoms with Gasteiger partial charge in [-0.3, -0.25) is 10.1 Å². The number of para-hydroxylation sites is 1. The number of fused-ring (bicyclic) bond motifs is 1. The average Bonchev–Trinajstić information content (AvgIpc) is 3.24. The predicted octanol–water partition coefficient (Wildman–Crippen LogP) is 2.99. The van der Waals surface area contributed by atoms with Gasteiger partial charge in [-0.25, -0.2) is 4.98 Å². The number of benzene rings is 2. The predicted molar refractivity (Wildman–Crippen MR) is 117 cm³/mol. The van der Waals surface area contributed by atoms with E-state index in [1.807, 2.05) is 35.8 Å². The zero-order chi connectivity index (χ0) is 21.6. The number of carbonyl (C=O) groups excluding carboxylic acids is 1. The van der Waals surface area contributed by atoms with E-state index in [4.69, 9.17) is 10.00 Å². The molecule has 2 aromatic carbocycles. The number of rotatable bonds is 7. The second-order valence-corrected chi connectivity index (χ2v) is 7.50. The van der Waals surface area contributed by atoms with Crippen molar-refractivity contribution in [3.8, 4) is 11.8 Å². The molecule has 0 radical (unpaired) electrons. The molecule has 7 nitrogen and oxygen atoms in total. The summed E-state index contributed by atoms with van der Waals surface area (Å²) in [6.07, 6.45) is 5.20. The van der Waals surface area contributed by atoms with Crippen LogP contribution in [0.3, 0.4) is 0 Å². The molecule has 2 N–H and O–H groups in total. The van der Waals surface area contributed by atoms with Gasteiger partial charge in [-0.1, -0.05) is 31.2 Å². The molecule has 0 saturated carbocycles. The third kappa shape index (κ3) is 4.76. The van der Waals surface area contributed by atoms with E-state index < -0.39 is 0 Å². The lowest BCUT2D eigenvalue weighted by Crippen LogP contribution is -2.38. The fourth-order valence-electron chi connectivity index (χ4n) is 3.74. The van der Waals surface area contributed by atoms with E-state index in [1.165, 1.54) is 0 Å². The summed E-state index contributed by atoms with van der Waals surface area (Å²) in [6.45, 7) is 3.83. The Hall–Kier alpha value is -3.63. The van der Waals surface area contributed by atoms with Gasteiger partial charge in [0, 0.05) is 19.2 Å². The zero-order valence-corrected chi connectivity index (χ0v) is 17.5. The van der Waals surface area contributed by atoms with Crippen molar-refractivity contribution in [1.29, 1.82) is 5.26 Å². The third-order valence-corrected chi connectivity index (χ3v) is 5.37. The standard InChI is InChI=1S/C24H25N5O2/c1-2-27-22-11-10-19-4-3-5-21(23(19)31-22)24(30)28-14-20-13-26-16-29(20)15-18-8-6-17(12-25)7-9-18/h3-9,13,16,22,27H,2,10-11,14-15H2,1H3,(H,28,30). The minimum Gasteiger partial charge on any atom is -0.474 e. The first-order valence-electron chi connectivity index (χ1n) is 10.5. The van der Waals surface area contributed by atoms with Crippen molar-refractivity contribution in [2.45, 2.75) is 39.1 Å². The molecule has 0 saturated heterocycles. The molecule has 1 aliphatic heterocycles. The highest BCUT2D eigenvalue weighted by Gasteiger charge is 2.24. The zero-order valence-electron chi connectivity index (χ0n) is 17.5. The maximum absolute atomic E-state index is 12.9. The van der Waals surface area contributed by atoms with Crippen LogP contribution in [0.4, 0.5) is 0 Å². The highest BCUT2D eigenvalue weighted by molar-refractivity contribution is 5.97. The summed E-state index contributed by atoms with van der Waals surface area (Å²) in [5.74, 6) is 0.503. The average molecular weight is 415 g/mol. The van der Waals surface area contributed by atoms with Crippen LogP contribution < -0.4 is 15.4 Å². The molecule has 2 heterocycles. The third-order valence-electron chi connectivity index (χ3n) is 5.37. The topological polar surface area (TPSA) is 92.0 Å². The lowest BCUT2D eigenvalue weighted by atomic mass is 10.0. The normalized spacial score (nSPS) is 14.9. The molecule has 7 heteroatoms. The minimum absolute atomic E-state index is 0.0692. The molecule has 1 unspecified atom stereocenters. The number of hydrogen-bond acceptors (Lipinski definition) is 5. The van der Waals surface area contributed by atoms with Gasteiger partial charge in [-0.2, -0.15) is 5.26 Å². The molecule has 1 amide bonds. The lowest BCUT2D eigenvalue weighted by Gasteiger charge is -2.28. The fraction of sp³-hybridized carbons (Fsp3) is 0.292. The minimum atomic E-state index is -0.167. The van der Waals surface area contributed by atoms with Gasteiger partial charge < -0.3 is 14.6 Å². The van der Waals surface area contributed by atoms with E-state index in [0.29, 0.717) is 30.0 Å². The highest BCUT2D eigenvalue weighted by Crippen LogP contribution is 2.30.